The van der Waals surface area contributed by atoms with E-state index < -0.39 is 10.0 Å². The molecule has 144 valence electrons. The largest absolute Gasteiger partial charge is 0.490 e. The van der Waals surface area contributed by atoms with Crippen LogP contribution < -0.4 is 14.2 Å². The maximum absolute atomic E-state index is 12.7. The number of Topliss-reactive ketones (excluding diaryl/α,β-unsaturated/α-hetero) is 1. The molecule has 1 heterocycles. The summed E-state index contributed by atoms with van der Waals surface area (Å²) in [4.78, 5) is 13.6. The van der Waals surface area contributed by atoms with Crippen LogP contribution in [0, 0.1) is 0 Å². The highest BCUT2D eigenvalue weighted by molar-refractivity contribution is 8.00. The predicted molar refractivity (Wildman–Crippen MR) is 107 cm³/mol. The second-order valence-electron chi connectivity index (χ2n) is 6.23. The molecule has 6 nitrogen and oxygen atoms in total. The summed E-state index contributed by atoms with van der Waals surface area (Å²) in [7, 11) is -3.34. The van der Waals surface area contributed by atoms with Crippen molar-refractivity contribution in [3.63, 3.8) is 0 Å². The number of hydrogen-bond donors (Lipinski definition) is 1. The minimum atomic E-state index is -3.34. The predicted octanol–water partition coefficient (Wildman–Crippen LogP) is 3.58. The summed E-state index contributed by atoms with van der Waals surface area (Å²) in [6.07, 6.45) is 1.93. The normalized spacial score (nSPS) is 14.9. The summed E-state index contributed by atoms with van der Waals surface area (Å²) >= 11 is 1.44. The molecule has 1 atom stereocenters. The monoisotopic (exact) mass is 407 g/mol. The van der Waals surface area contributed by atoms with E-state index in [2.05, 4.69) is 4.72 Å². The van der Waals surface area contributed by atoms with E-state index >= 15 is 0 Å². The molecule has 8 heteroatoms. The first-order valence-electron chi connectivity index (χ1n) is 8.50. The molecule has 0 aliphatic carbocycles. The third kappa shape index (κ3) is 5.40. The Morgan fingerprint density at radius 2 is 1.74 bits per heavy atom. The number of ether oxygens (including phenoxy) is 2. The summed E-state index contributed by atoms with van der Waals surface area (Å²) < 4.78 is 36.2. The van der Waals surface area contributed by atoms with Crippen molar-refractivity contribution in [1.29, 1.82) is 0 Å². The van der Waals surface area contributed by atoms with Gasteiger partial charge in [-0.3, -0.25) is 9.52 Å². The quantitative estimate of drug-likeness (QED) is 0.582. The molecular weight excluding hydrogens is 386 g/mol. The van der Waals surface area contributed by atoms with Gasteiger partial charge in [0.15, 0.2) is 17.3 Å². The van der Waals surface area contributed by atoms with E-state index in [4.69, 9.17) is 9.47 Å². The maximum atomic E-state index is 12.7. The number of carbonyl (C=O) groups is 1. The molecule has 0 aromatic heterocycles. The number of anilines is 1. The van der Waals surface area contributed by atoms with Crippen molar-refractivity contribution in [3.05, 3.63) is 48.0 Å². The zero-order chi connectivity index (χ0) is 19.4. The molecule has 0 spiro atoms. The molecule has 1 aliphatic heterocycles. The number of thioether (sulfide) groups is 1. The number of nitrogens with one attached hydrogen (secondary N) is 1. The van der Waals surface area contributed by atoms with Gasteiger partial charge in [-0.05, 0) is 49.4 Å². The van der Waals surface area contributed by atoms with Gasteiger partial charge in [0.1, 0.15) is 0 Å². The van der Waals surface area contributed by atoms with Crippen molar-refractivity contribution >= 4 is 33.3 Å². The van der Waals surface area contributed by atoms with Gasteiger partial charge >= 0.3 is 0 Å². The minimum absolute atomic E-state index is 0.0296. The highest BCUT2D eigenvalue weighted by Crippen LogP contribution is 2.35. The first-order chi connectivity index (χ1) is 12.8. The highest BCUT2D eigenvalue weighted by atomic mass is 32.2. The molecular formula is C19H21NO5S2. The third-order valence-corrected chi connectivity index (χ3v) is 5.57. The summed E-state index contributed by atoms with van der Waals surface area (Å²) in [6.45, 7) is 3.10. The van der Waals surface area contributed by atoms with E-state index in [1.54, 1.807) is 24.3 Å². The van der Waals surface area contributed by atoms with Gasteiger partial charge in [0, 0.05) is 22.6 Å². The van der Waals surface area contributed by atoms with Gasteiger partial charge in [0.2, 0.25) is 10.0 Å². The molecule has 0 saturated heterocycles. The van der Waals surface area contributed by atoms with Gasteiger partial charge in [-0.25, -0.2) is 8.42 Å². The number of benzene rings is 2. The van der Waals surface area contributed by atoms with Crippen LogP contribution in [0.5, 0.6) is 11.5 Å². The van der Waals surface area contributed by atoms with Crippen LogP contribution in [0.15, 0.2) is 47.4 Å². The molecule has 2 aromatic carbocycles. The Hall–Kier alpha value is -2.19. The number of sulfonamides is 1. The molecule has 27 heavy (non-hydrogen) atoms. The average molecular weight is 408 g/mol. The van der Waals surface area contributed by atoms with Crippen LogP contribution in [0.3, 0.4) is 0 Å². The van der Waals surface area contributed by atoms with Crippen LogP contribution in [0.2, 0.25) is 0 Å². The standard InChI is InChI=1S/C19H21NO5S2/c1-13(19(21)14-4-6-15(7-5-14)20-27(2,22)23)26-16-8-9-17-18(12-16)25-11-3-10-24-17/h4-9,12-13,20H,3,10-11H2,1-2H3/t13-/m0/s1. The number of hydrogen-bond acceptors (Lipinski definition) is 6. The highest BCUT2D eigenvalue weighted by Gasteiger charge is 2.18. The van der Waals surface area contributed by atoms with Gasteiger partial charge in [0.05, 0.1) is 24.7 Å². The molecule has 0 saturated carbocycles. The lowest BCUT2D eigenvalue weighted by molar-refractivity contribution is 0.0994. The lowest BCUT2D eigenvalue weighted by Crippen LogP contribution is -2.14. The molecule has 1 N–H and O–H groups in total. The SMILES string of the molecule is C[C@H](Sc1ccc2c(c1)OCCCO2)C(=O)c1ccc(NS(C)(=O)=O)cc1. The van der Waals surface area contributed by atoms with E-state index in [1.165, 1.54) is 11.8 Å². The van der Waals surface area contributed by atoms with E-state index in [9.17, 15) is 13.2 Å². The number of carbonyl (C=O) groups excluding carboxylic acids is 1. The third-order valence-electron chi connectivity index (χ3n) is 3.87. The van der Waals surface area contributed by atoms with Crippen LogP contribution in [-0.2, 0) is 10.0 Å². The van der Waals surface area contributed by atoms with Crippen molar-refractivity contribution in [2.75, 3.05) is 24.2 Å². The van der Waals surface area contributed by atoms with Crippen LogP contribution >= 0.6 is 11.8 Å². The van der Waals surface area contributed by atoms with E-state index in [0.29, 0.717) is 30.2 Å². The summed E-state index contributed by atoms with van der Waals surface area (Å²) in [5.74, 6) is 1.40. The Bertz CT molecular complexity index is 926. The second kappa shape index (κ2) is 8.22. The van der Waals surface area contributed by atoms with Crippen molar-refractivity contribution in [1.82, 2.24) is 0 Å². The Morgan fingerprint density at radius 1 is 1.07 bits per heavy atom. The van der Waals surface area contributed by atoms with Crippen molar-refractivity contribution in [3.8, 4) is 11.5 Å². The van der Waals surface area contributed by atoms with E-state index in [-0.39, 0.29) is 11.0 Å². The topological polar surface area (TPSA) is 81.7 Å². The minimum Gasteiger partial charge on any atom is -0.490 e. The van der Waals surface area contributed by atoms with Crippen molar-refractivity contribution in [2.24, 2.45) is 0 Å². The zero-order valence-corrected chi connectivity index (χ0v) is 16.7. The maximum Gasteiger partial charge on any atom is 0.229 e. The van der Waals surface area contributed by atoms with Crippen LogP contribution in [-0.4, -0.2) is 38.9 Å². The number of rotatable bonds is 6. The van der Waals surface area contributed by atoms with Gasteiger partial charge in [0.25, 0.3) is 0 Å². The summed E-state index contributed by atoms with van der Waals surface area (Å²) in [6, 6.07) is 12.1. The van der Waals surface area contributed by atoms with E-state index in [0.717, 1.165) is 23.3 Å². The fourth-order valence-corrected chi connectivity index (χ4v) is 4.16. The zero-order valence-electron chi connectivity index (χ0n) is 15.1. The fraction of sp³-hybridized carbons (Fsp3) is 0.316. The molecule has 1 aliphatic rings. The smallest absolute Gasteiger partial charge is 0.229 e. The van der Waals surface area contributed by atoms with Gasteiger partial charge < -0.3 is 9.47 Å². The Kier molecular flexibility index (Phi) is 5.96. The molecule has 0 amide bonds. The molecule has 0 unspecified atom stereocenters. The number of ketones is 1. The van der Waals surface area contributed by atoms with Gasteiger partial charge in [-0.1, -0.05) is 0 Å². The summed E-state index contributed by atoms with van der Waals surface area (Å²) in [5, 5.41) is -0.302. The van der Waals surface area contributed by atoms with E-state index in [1.807, 2.05) is 25.1 Å². The van der Waals surface area contributed by atoms with Crippen LogP contribution in [0.25, 0.3) is 0 Å². The first-order valence-corrected chi connectivity index (χ1v) is 11.3. The molecule has 0 fully saturated rings. The molecule has 3 rings (SSSR count). The second-order valence-corrected chi connectivity index (χ2v) is 9.40. The lowest BCUT2D eigenvalue weighted by Gasteiger charge is -2.13. The van der Waals surface area contributed by atoms with Gasteiger partial charge in [-0.2, -0.15) is 0 Å². The Morgan fingerprint density at radius 3 is 2.41 bits per heavy atom. The fourth-order valence-electron chi connectivity index (χ4n) is 2.63. The van der Waals surface area contributed by atoms with Crippen LogP contribution in [0.1, 0.15) is 23.7 Å². The molecule has 0 radical (unpaired) electrons. The summed E-state index contributed by atoms with van der Waals surface area (Å²) in [5.41, 5.74) is 0.959. The van der Waals surface area contributed by atoms with Crippen molar-refractivity contribution in [2.45, 2.75) is 23.5 Å². The Balaban J connectivity index is 1.68. The van der Waals surface area contributed by atoms with Crippen LogP contribution in [0.4, 0.5) is 5.69 Å². The Labute approximate surface area is 163 Å². The lowest BCUT2D eigenvalue weighted by atomic mass is 10.1. The molecule has 0 bridgehead atoms. The molecule has 2 aromatic rings. The van der Waals surface area contributed by atoms with Gasteiger partial charge in [-0.15, -0.1) is 11.8 Å². The average Bonchev–Trinajstić information content (AvgIpc) is 2.85. The van der Waals surface area contributed by atoms with Crippen molar-refractivity contribution < 1.29 is 22.7 Å². The number of fused-ring (bicyclic) bond motifs is 1. The first kappa shape index (κ1) is 19.6.